The van der Waals surface area contributed by atoms with Crippen LogP contribution in [0.3, 0.4) is 0 Å². The summed E-state index contributed by atoms with van der Waals surface area (Å²) in [5.41, 5.74) is 3.90. The highest BCUT2D eigenvalue weighted by atomic mass is 32.2. The molecule has 1 aliphatic rings. The van der Waals surface area contributed by atoms with E-state index < -0.39 is 0 Å². The molecule has 1 amide bonds. The molecule has 182 valence electrons. The smallest absolute Gasteiger partial charge is 0.237 e. The Morgan fingerprint density at radius 3 is 2.77 bits per heavy atom. The van der Waals surface area contributed by atoms with Crippen LogP contribution in [0.5, 0.6) is 0 Å². The quantitative estimate of drug-likeness (QED) is 0.345. The van der Waals surface area contributed by atoms with Crippen LogP contribution in [0.1, 0.15) is 19.8 Å². The van der Waals surface area contributed by atoms with Crippen LogP contribution in [0, 0.1) is 0 Å². The van der Waals surface area contributed by atoms with Crippen LogP contribution in [0.15, 0.2) is 59.9 Å². The number of thioether (sulfide) groups is 1. The fourth-order valence-electron chi connectivity index (χ4n) is 4.29. The molecule has 2 N–H and O–H groups in total. The second kappa shape index (κ2) is 10.1. The molecule has 1 saturated heterocycles. The first-order chi connectivity index (χ1) is 17.0. The lowest BCUT2D eigenvalue weighted by molar-refractivity contribution is -0.115. The van der Waals surface area contributed by atoms with Gasteiger partial charge in [-0.05, 0) is 50.1 Å². The Morgan fingerprint density at radius 2 is 2.03 bits per heavy atom. The highest BCUT2D eigenvalue weighted by molar-refractivity contribution is 8.00. The minimum atomic E-state index is -0.355. The predicted molar refractivity (Wildman–Crippen MR) is 141 cm³/mol. The number of carbonyl (C=O) groups is 1. The van der Waals surface area contributed by atoms with E-state index in [1.54, 1.807) is 0 Å². The number of fused-ring (bicyclic) bond motifs is 1. The zero-order valence-electron chi connectivity index (χ0n) is 20.2. The van der Waals surface area contributed by atoms with Gasteiger partial charge in [0.2, 0.25) is 5.91 Å². The van der Waals surface area contributed by atoms with E-state index in [4.69, 9.17) is 4.74 Å². The molecule has 0 spiro atoms. The topological polar surface area (TPSA) is 88.1 Å². The largest absolute Gasteiger partial charge is 0.378 e. The molecule has 0 radical (unpaired) electrons. The highest BCUT2D eigenvalue weighted by Crippen LogP contribution is 2.32. The number of anilines is 2. The minimum Gasteiger partial charge on any atom is -0.378 e. The summed E-state index contributed by atoms with van der Waals surface area (Å²) in [4.78, 5) is 18.3. The van der Waals surface area contributed by atoms with Gasteiger partial charge in [0, 0.05) is 54.7 Å². The molecular formula is C26H30N6O2S. The summed E-state index contributed by atoms with van der Waals surface area (Å²) in [5.74, 6) is 0.709. The van der Waals surface area contributed by atoms with E-state index in [9.17, 15) is 4.79 Å². The van der Waals surface area contributed by atoms with E-state index in [1.807, 2.05) is 74.6 Å². The van der Waals surface area contributed by atoms with Crippen molar-refractivity contribution in [1.29, 1.82) is 0 Å². The Hall–Kier alpha value is -3.30. The second-order valence-electron chi connectivity index (χ2n) is 8.99. The molecule has 0 aliphatic carbocycles. The number of aromatic nitrogens is 4. The van der Waals surface area contributed by atoms with Crippen molar-refractivity contribution in [2.45, 2.75) is 42.8 Å². The third-order valence-electron chi connectivity index (χ3n) is 6.26. The van der Waals surface area contributed by atoms with E-state index in [0.717, 1.165) is 53.1 Å². The van der Waals surface area contributed by atoms with E-state index in [0.29, 0.717) is 11.7 Å². The summed E-state index contributed by atoms with van der Waals surface area (Å²) in [6.45, 7) is 3.33. The standard InChI is InChI=1S/C26H30N6O2S/c1-17(25(33)28-18-10-12-19(13-11-18)31(2)3)35-26-30-29-24(32(26)16-20-7-6-14-34-20)22-15-27-23-9-5-4-8-21(22)23/h4-5,8-13,15,17,20,27H,6-7,14,16H2,1-3H3,(H,28,33)/t17-,20-/m0/s1. The van der Waals surface area contributed by atoms with Gasteiger partial charge in [-0.25, -0.2) is 0 Å². The van der Waals surface area contributed by atoms with Gasteiger partial charge < -0.3 is 19.9 Å². The molecule has 3 heterocycles. The minimum absolute atomic E-state index is 0.0760. The number of para-hydroxylation sites is 1. The first kappa shape index (κ1) is 23.4. The Labute approximate surface area is 209 Å². The van der Waals surface area contributed by atoms with Gasteiger partial charge in [-0.3, -0.25) is 9.36 Å². The lowest BCUT2D eigenvalue weighted by Crippen LogP contribution is -2.23. The van der Waals surface area contributed by atoms with Crippen LogP contribution in [-0.4, -0.2) is 57.7 Å². The van der Waals surface area contributed by atoms with Crippen molar-refractivity contribution in [3.8, 4) is 11.4 Å². The van der Waals surface area contributed by atoms with Gasteiger partial charge in [0.05, 0.1) is 17.9 Å². The average molecular weight is 491 g/mol. The van der Waals surface area contributed by atoms with Gasteiger partial charge in [-0.1, -0.05) is 30.0 Å². The molecule has 2 atom stereocenters. The van der Waals surface area contributed by atoms with Gasteiger partial charge in [0.15, 0.2) is 11.0 Å². The van der Waals surface area contributed by atoms with Crippen LogP contribution in [0.25, 0.3) is 22.3 Å². The molecular weight excluding hydrogens is 460 g/mol. The molecule has 35 heavy (non-hydrogen) atoms. The van der Waals surface area contributed by atoms with Crippen molar-refractivity contribution in [3.63, 3.8) is 0 Å². The third kappa shape index (κ3) is 5.06. The SMILES string of the molecule is C[C@H](Sc1nnc(-c2c[nH]c3ccccc23)n1C[C@@H]1CCCO1)C(=O)Nc1ccc(N(C)C)cc1. The van der Waals surface area contributed by atoms with Gasteiger partial charge in [-0.15, -0.1) is 10.2 Å². The summed E-state index contributed by atoms with van der Waals surface area (Å²) in [7, 11) is 3.98. The number of nitrogens with one attached hydrogen (secondary N) is 2. The van der Waals surface area contributed by atoms with Crippen molar-refractivity contribution in [2.24, 2.45) is 0 Å². The van der Waals surface area contributed by atoms with Crippen LogP contribution in [0.2, 0.25) is 0 Å². The number of amides is 1. The molecule has 0 saturated carbocycles. The summed E-state index contributed by atoms with van der Waals surface area (Å²) in [6.07, 6.45) is 4.16. The lowest BCUT2D eigenvalue weighted by atomic mass is 10.1. The van der Waals surface area contributed by atoms with E-state index in [1.165, 1.54) is 11.8 Å². The maximum absolute atomic E-state index is 13.0. The van der Waals surface area contributed by atoms with Gasteiger partial charge in [-0.2, -0.15) is 0 Å². The van der Waals surface area contributed by atoms with Crippen molar-refractivity contribution in [1.82, 2.24) is 19.7 Å². The van der Waals surface area contributed by atoms with Crippen LogP contribution < -0.4 is 10.2 Å². The zero-order valence-corrected chi connectivity index (χ0v) is 21.0. The zero-order chi connectivity index (χ0) is 24.4. The van der Waals surface area contributed by atoms with Gasteiger partial charge in [0.25, 0.3) is 0 Å². The van der Waals surface area contributed by atoms with Crippen molar-refractivity contribution in [2.75, 3.05) is 30.9 Å². The summed E-state index contributed by atoms with van der Waals surface area (Å²) in [6, 6.07) is 16.0. The van der Waals surface area contributed by atoms with Crippen LogP contribution in [-0.2, 0) is 16.1 Å². The summed E-state index contributed by atoms with van der Waals surface area (Å²) >= 11 is 1.42. The molecule has 2 aromatic heterocycles. The number of aromatic amines is 1. The molecule has 1 aliphatic heterocycles. The number of ether oxygens (including phenoxy) is 1. The molecule has 0 unspecified atom stereocenters. The third-order valence-corrected chi connectivity index (χ3v) is 7.34. The normalized spacial score (nSPS) is 16.5. The van der Waals surface area contributed by atoms with Crippen molar-refractivity contribution >= 4 is 39.9 Å². The molecule has 9 heteroatoms. The molecule has 4 aromatic rings. The number of rotatable bonds is 8. The number of hydrogen-bond donors (Lipinski definition) is 2. The number of hydrogen-bond acceptors (Lipinski definition) is 6. The molecule has 8 nitrogen and oxygen atoms in total. The fraction of sp³-hybridized carbons (Fsp3) is 0.346. The highest BCUT2D eigenvalue weighted by Gasteiger charge is 2.25. The first-order valence-corrected chi connectivity index (χ1v) is 12.7. The van der Waals surface area contributed by atoms with Crippen LogP contribution in [0.4, 0.5) is 11.4 Å². The van der Waals surface area contributed by atoms with Crippen LogP contribution >= 0.6 is 11.8 Å². The molecule has 2 aromatic carbocycles. The van der Waals surface area contributed by atoms with E-state index in [2.05, 4.69) is 31.1 Å². The molecule has 0 bridgehead atoms. The number of benzene rings is 2. The molecule has 1 fully saturated rings. The Bertz CT molecular complexity index is 1310. The van der Waals surface area contributed by atoms with Gasteiger partial charge >= 0.3 is 0 Å². The first-order valence-electron chi connectivity index (χ1n) is 11.9. The fourth-order valence-corrected chi connectivity index (χ4v) is 5.15. The average Bonchev–Trinajstić information content (AvgIpc) is 3.60. The summed E-state index contributed by atoms with van der Waals surface area (Å²) in [5, 5.41) is 13.5. The summed E-state index contributed by atoms with van der Waals surface area (Å²) < 4.78 is 8.03. The van der Waals surface area contributed by atoms with Gasteiger partial charge in [0.1, 0.15) is 0 Å². The Kier molecular flexibility index (Phi) is 6.79. The second-order valence-corrected chi connectivity index (χ2v) is 10.3. The number of carbonyl (C=O) groups excluding carboxylic acids is 1. The van der Waals surface area contributed by atoms with E-state index >= 15 is 0 Å². The Morgan fingerprint density at radius 1 is 1.23 bits per heavy atom. The molecule has 5 rings (SSSR count). The maximum Gasteiger partial charge on any atom is 0.237 e. The Balaban J connectivity index is 1.38. The monoisotopic (exact) mass is 490 g/mol. The van der Waals surface area contributed by atoms with Crippen molar-refractivity contribution in [3.05, 3.63) is 54.7 Å². The lowest BCUT2D eigenvalue weighted by Gasteiger charge is -2.17. The van der Waals surface area contributed by atoms with Crippen molar-refractivity contribution < 1.29 is 9.53 Å². The number of H-pyrrole nitrogens is 1. The maximum atomic E-state index is 13.0. The predicted octanol–water partition coefficient (Wildman–Crippen LogP) is 4.79. The van der Waals surface area contributed by atoms with E-state index in [-0.39, 0.29) is 17.3 Å². The number of nitrogens with zero attached hydrogens (tertiary/aromatic N) is 4.